The minimum Gasteiger partial charge on any atom is -0.399 e. The maximum absolute atomic E-state index is 14.5. The second-order valence-corrected chi connectivity index (χ2v) is 7.61. The second kappa shape index (κ2) is 5.64. The summed E-state index contributed by atoms with van der Waals surface area (Å²) in [5.41, 5.74) is 1.45. The van der Waals surface area contributed by atoms with Crippen molar-refractivity contribution < 1.29 is 18.1 Å². The van der Waals surface area contributed by atoms with Crippen molar-refractivity contribution in [2.75, 3.05) is 0 Å². The minimum atomic E-state index is -0.887. The predicted molar refractivity (Wildman–Crippen MR) is 93.8 cm³/mol. The average Bonchev–Trinajstić information content (AvgIpc) is 2.83. The summed E-state index contributed by atoms with van der Waals surface area (Å²) in [6.07, 6.45) is 0. The van der Waals surface area contributed by atoms with Gasteiger partial charge in [-0.1, -0.05) is 0 Å². The van der Waals surface area contributed by atoms with Crippen molar-refractivity contribution in [3.63, 3.8) is 0 Å². The summed E-state index contributed by atoms with van der Waals surface area (Å²) in [6, 6.07) is 2.37. The van der Waals surface area contributed by atoms with E-state index in [0.29, 0.717) is 16.8 Å². The second-order valence-electron chi connectivity index (χ2n) is 7.61. The first-order valence-corrected chi connectivity index (χ1v) is 8.30. The maximum Gasteiger partial charge on any atom is 0.497 e. The Morgan fingerprint density at radius 3 is 2.04 bits per heavy atom. The molecule has 7 heteroatoms. The Balaban J connectivity index is 2.12. The predicted octanol–water partition coefficient (Wildman–Crippen LogP) is 3.28. The van der Waals surface area contributed by atoms with Crippen LogP contribution in [0.1, 0.15) is 39.1 Å². The van der Waals surface area contributed by atoms with E-state index >= 15 is 0 Å². The first-order valence-electron chi connectivity index (χ1n) is 8.30. The van der Waals surface area contributed by atoms with Crippen LogP contribution in [0.15, 0.2) is 12.1 Å². The van der Waals surface area contributed by atoms with E-state index in [1.807, 2.05) is 34.6 Å². The van der Waals surface area contributed by atoms with Gasteiger partial charge in [-0.05, 0) is 47.6 Å². The number of aryl methyl sites for hydroxylation is 2. The fraction of sp³-hybridized carbons (Fsp3) is 0.500. The monoisotopic (exact) mass is 348 g/mol. The van der Waals surface area contributed by atoms with Gasteiger partial charge in [0.2, 0.25) is 0 Å². The van der Waals surface area contributed by atoms with E-state index in [0.717, 1.165) is 11.8 Å². The molecule has 134 valence electrons. The molecule has 3 rings (SSSR count). The largest absolute Gasteiger partial charge is 0.497 e. The molecule has 1 saturated heterocycles. The van der Waals surface area contributed by atoms with Crippen LogP contribution >= 0.6 is 0 Å². The van der Waals surface area contributed by atoms with Gasteiger partial charge >= 0.3 is 7.12 Å². The van der Waals surface area contributed by atoms with Crippen LogP contribution in [0.2, 0.25) is 0 Å². The molecule has 0 unspecified atom stereocenters. The summed E-state index contributed by atoms with van der Waals surface area (Å²) >= 11 is 0. The SMILES string of the molecule is Cc1nn(C)c(C)c1-c1cc(B2OC(C)(C)C(C)(C)O2)c(F)cc1F. The lowest BCUT2D eigenvalue weighted by Gasteiger charge is -2.32. The van der Waals surface area contributed by atoms with Crippen molar-refractivity contribution in [3.05, 3.63) is 35.2 Å². The Morgan fingerprint density at radius 1 is 1.00 bits per heavy atom. The lowest BCUT2D eigenvalue weighted by Crippen LogP contribution is -2.41. The molecule has 1 aliphatic rings. The van der Waals surface area contributed by atoms with Crippen LogP contribution in [0.25, 0.3) is 11.1 Å². The van der Waals surface area contributed by atoms with Crippen LogP contribution in [0.5, 0.6) is 0 Å². The third-order valence-corrected chi connectivity index (χ3v) is 5.37. The standard InChI is InChI=1S/C18H23BF2N2O2/c1-10-16(11(2)23(7)22-10)12-8-13(15(21)9-14(12)20)19-24-17(3,4)18(5,6)25-19/h8-9H,1-7H3. The van der Waals surface area contributed by atoms with Crippen molar-refractivity contribution in [1.82, 2.24) is 9.78 Å². The molecule has 2 heterocycles. The molecule has 25 heavy (non-hydrogen) atoms. The normalized spacial score (nSPS) is 18.8. The molecule has 0 atom stereocenters. The van der Waals surface area contributed by atoms with Crippen LogP contribution in [0.3, 0.4) is 0 Å². The van der Waals surface area contributed by atoms with Crippen LogP contribution < -0.4 is 5.46 Å². The summed E-state index contributed by atoms with van der Waals surface area (Å²) in [6.45, 7) is 11.2. The van der Waals surface area contributed by atoms with Gasteiger partial charge in [0.15, 0.2) is 0 Å². The van der Waals surface area contributed by atoms with E-state index in [-0.39, 0.29) is 5.46 Å². The first-order chi connectivity index (χ1) is 11.4. The molecule has 0 amide bonds. The van der Waals surface area contributed by atoms with E-state index < -0.39 is 30.0 Å². The molecule has 2 aromatic rings. The first kappa shape index (κ1) is 18.1. The summed E-state index contributed by atoms with van der Waals surface area (Å²) < 4.78 is 42.5. The number of rotatable bonds is 2. The number of nitrogens with zero attached hydrogens (tertiary/aromatic N) is 2. The van der Waals surface area contributed by atoms with Gasteiger partial charge in [0, 0.05) is 35.4 Å². The van der Waals surface area contributed by atoms with Gasteiger partial charge in [-0.15, -0.1) is 0 Å². The average molecular weight is 348 g/mol. The smallest absolute Gasteiger partial charge is 0.399 e. The molecule has 0 radical (unpaired) electrons. The molecular weight excluding hydrogens is 325 g/mol. The van der Waals surface area contributed by atoms with Crippen LogP contribution in [-0.4, -0.2) is 28.1 Å². The number of hydrogen-bond acceptors (Lipinski definition) is 3. The van der Waals surface area contributed by atoms with Crippen molar-refractivity contribution in [3.8, 4) is 11.1 Å². The van der Waals surface area contributed by atoms with Gasteiger partial charge in [0.25, 0.3) is 0 Å². The third kappa shape index (κ3) is 2.79. The molecule has 0 aliphatic carbocycles. The van der Waals surface area contributed by atoms with Gasteiger partial charge in [-0.25, -0.2) is 8.78 Å². The van der Waals surface area contributed by atoms with E-state index in [4.69, 9.17) is 9.31 Å². The minimum absolute atomic E-state index is 0.192. The van der Waals surface area contributed by atoms with Gasteiger partial charge in [-0.2, -0.15) is 5.10 Å². The molecule has 1 fully saturated rings. The maximum atomic E-state index is 14.5. The fourth-order valence-electron chi connectivity index (χ4n) is 3.07. The zero-order valence-electron chi connectivity index (χ0n) is 15.7. The molecule has 1 aliphatic heterocycles. The van der Waals surface area contributed by atoms with Crippen LogP contribution in [-0.2, 0) is 16.4 Å². The highest BCUT2D eigenvalue weighted by Gasteiger charge is 2.52. The van der Waals surface area contributed by atoms with Crippen molar-refractivity contribution in [2.45, 2.75) is 52.7 Å². The summed E-state index contributed by atoms with van der Waals surface area (Å²) in [4.78, 5) is 0. The highest BCUT2D eigenvalue weighted by Crippen LogP contribution is 2.37. The fourth-order valence-corrected chi connectivity index (χ4v) is 3.07. The van der Waals surface area contributed by atoms with Gasteiger partial charge in [0.05, 0.1) is 16.9 Å². The molecule has 0 saturated carbocycles. The topological polar surface area (TPSA) is 36.3 Å². The third-order valence-electron chi connectivity index (χ3n) is 5.37. The van der Waals surface area contributed by atoms with Gasteiger partial charge < -0.3 is 9.31 Å². The van der Waals surface area contributed by atoms with Crippen molar-refractivity contribution >= 4 is 12.6 Å². The van der Waals surface area contributed by atoms with Crippen LogP contribution in [0, 0.1) is 25.5 Å². The number of halogens is 2. The van der Waals surface area contributed by atoms with E-state index in [1.165, 1.54) is 6.07 Å². The number of benzene rings is 1. The zero-order valence-corrected chi connectivity index (χ0v) is 15.7. The molecule has 1 aromatic heterocycles. The Morgan fingerprint density at radius 2 is 1.56 bits per heavy atom. The highest BCUT2D eigenvalue weighted by molar-refractivity contribution is 6.62. The molecule has 0 spiro atoms. The summed E-state index contributed by atoms with van der Waals surface area (Å²) in [5.74, 6) is -1.31. The molecule has 4 nitrogen and oxygen atoms in total. The van der Waals surface area contributed by atoms with Crippen molar-refractivity contribution in [2.24, 2.45) is 7.05 Å². The molecule has 1 aromatic carbocycles. The Kier molecular flexibility index (Phi) is 4.08. The van der Waals surface area contributed by atoms with E-state index in [9.17, 15) is 8.78 Å². The Bertz CT molecular complexity index is 830. The molecule has 0 N–H and O–H groups in total. The lowest BCUT2D eigenvalue weighted by molar-refractivity contribution is 0.00578. The van der Waals surface area contributed by atoms with Crippen LogP contribution in [0.4, 0.5) is 8.78 Å². The number of hydrogen-bond donors (Lipinski definition) is 0. The lowest BCUT2D eigenvalue weighted by atomic mass is 9.77. The van der Waals surface area contributed by atoms with Crippen molar-refractivity contribution in [1.29, 1.82) is 0 Å². The summed E-state index contributed by atoms with van der Waals surface area (Å²) in [7, 11) is 0.907. The van der Waals surface area contributed by atoms with Gasteiger partial charge in [-0.3, -0.25) is 4.68 Å². The van der Waals surface area contributed by atoms with E-state index in [2.05, 4.69) is 5.10 Å². The zero-order chi connectivity index (χ0) is 18.7. The van der Waals surface area contributed by atoms with E-state index in [1.54, 1.807) is 18.7 Å². The number of aromatic nitrogens is 2. The Labute approximate surface area is 147 Å². The molecular formula is C18H23BF2N2O2. The summed E-state index contributed by atoms with van der Waals surface area (Å²) in [5, 5.41) is 4.32. The Hall–Kier alpha value is -1.73. The highest BCUT2D eigenvalue weighted by atomic mass is 19.1. The molecule has 0 bridgehead atoms. The van der Waals surface area contributed by atoms with Gasteiger partial charge in [0.1, 0.15) is 11.6 Å². The quantitative estimate of drug-likeness (QED) is 0.782.